The third-order valence-corrected chi connectivity index (χ3v) is 7.22. The van der Waals surface area contributed by atoms with E-state index in [0.29, 0.717) is 29.3 Å². The van der Waals surface area contributed by atoms with Gasteiger partial charge in [-0.2, -0.15) is 0 Å². The number of aryl methyl sites for hydroxylation is 1. The van der Waals surface area contributed by atoms with E-state index in [1.54, 1.807) is 12.1 Å². The molecule has 1 amide bonds. The first-order valence-electron chi connectivity index (χ1n) is 13.3. The molecule has 0 unspecified atom stereocenters. The van der Waals surface area contributed by atoms with Crippen molar-refractivity contribution in [3.8, 4) is 11.6 Å². The van der Waals surface area contributed by atoms with Crippen molar-refractivity contribution in [3.05, 3.63) is 89.1 Å². The maximum atomic E-state index is 12.2. The van der Waals surface area contributed by atoms with Gasteiger partial charge in [0.1, 0.15) is 5.75 Å². The minimum absolute atomic E-state index is 0.0205. The summed E-state index contributed by atoms with van der Waals surface area (Å²) in [4.78, 5) is 19.3. The van der Waals surface area contributed by atoms with Crippen molar-refractivity contribution in [2.45, 2.75) is 57.3 Å². The van der Waals surface area contributed by atoms with Crippen molar-refractivity contribution in [1.29, 1.82) is 0 Å². The number of hydrogen-bond acceptors (Lipinski definition) is 6. The molecule has 1 aliphatic carbocycles. The van der Waals surface area contributed by atoms with E-state index < -0.39 is 0 Å². The fourth-order valence-corrected chi connectivity index (χ4v) is 4.81. The molecule has 5 rings (SSSR count). The summed E-state index contributed by atoms with van der Waals surface area (Å²) in [6.45, 7) is 4.99. The summed E-state index contributed by atoms with van der Waals surface area (Å²) in [5.41, 5.74) is 3.93. The van der Waals surface area contributed by atoms with Gasteiger partial charge in [0, 0.05) is 36.0 Å². The molecule has 3 N–H and O–H groups in total. The predicted octanol–water partition coefficient (Wildman–Crippen LogP) is 4.36. The molecule has 1 aromatic heterocycles. The highest BCUT2D eigenvalue weighted by Gasteiger charge is 2.24. The Balaban J connectivity index is 1.10. The van der Waals surface area contributed by atoms with Gasteiger partial charge in [-0.3, -0.25) is 9.69 Å². The number of likely N-dealkylation sites (tertiary alicyclic amines) is 1. The van der Waals surface area contributed by atoms with Gasteiger partial charge in [-0.1, -0.05) is 36.4 Å². The predicted molar refractivity (Wildman–Crippen MR) is 144 cm³/mol. The molecule has 0 radical (unpaired) electrons. The second kappa shape index (κ2) is 11.9. The van der Waals surface area contributed by atoms with Crippen LogP contribution >= 0.6 is 0 Å². The first-order valence-corrected chi connectivity index (χ1v) is 13.3. The highest BCUT2D eigenvalue weighted by atomic mass is 16.5. The summed E-state index contributed by atoms with van der Waals surface area (Å²) in [6.07, 6.45) is 4.24. The summed E-state index contributed by atoms with van der Waals surface area (Å²) in [7, 11) is 0. The molecule has 2 aliphatic rings. The van der Waals surface area contributed by atoms with Gasteiger partial charge in [0.15, 0.2) is 0 Å². The number of ether oxygens (including phenoxy) is 1. The van der Waals surface area contributed by atoms with Crippen LogP contribution in [0.4, 0.5) is 0 Å². The van der Waals surface area contributed by atoms with E-state index in [9.17, 15) is 9.90 Å². The number of carbonyl (C=O) groups excluding carboxylic acids is 1. The van der Waals surface area contributed by atoms with E-state index in [2.05, 4.69) is 38.7 Å². The Bertz CT molecular complexity index is 1170. The Kier molecular flexibility index (Phi) is 8.14. The van der Waals surface area contributed by atoms with Crippen LogP contribution in [0.3, 0.4) is 0 Å². The van der Waals surface area contributed by atoms with Crippen LogP contribution in [-0.4, -0.2) is 52.7 Å². The van der Waals surface area contributed by atoms with Crippen LogP contribution in [0, 0.1) is 6.92 Å². The Hall–Kier alpha value is -3.26. The molecule has 1 atom stereocenters. The average molecular weight is 501 g/mol. The number of amides is 1. The molecule has 0 bridgehead atoms. The molecule has 2 heterocycles. The third kappa shape index (κ3) is 6.95. The van der Waals surface area contributed by atoms with Crippen molar-refractivity contribution in [2.24, 2.45) is 0 Å². The molecule has 37 heavy (non-hydrogen) atoms. The lowest BCUT2D eigenvalue weighted by atomic mass is 10.0. The molecule has 3 aromatic rings. The smallest absolute Gasteiger partial charge is 0.251 e. The Labute approximate surface area is 218 Å². The fourth-order valence-electron chi connectivity index (χ4n) is 4.81. The quantitative estimate of drug-likeness (QED) is 0.383. The number of aliphatic hydroxyl groups excluding tert-OH is 1. The fraction of sp³-hybridized carbons (Fsp3) is 0.400. The summed E-state index contributed by atoms with van der Waals surface area (Å²) in [5.74, 6) is 1.18. The summed E-state index contributed by atoms with van der Waals surface area (Å²) >= 11 is 0. The van der Waals surface area contributed by atoms with Gasteiger partial charge in [-0.25, -0.2) is 4.98 Å². The van der Waals surface area contributed by atoms with Crippen LogP contribution in [0.25, 0.3) is 0 Å². The van der Waals surface area contributed by atoms with Crippen LogP contribution in [0.15, 0.2) is 66.7 Å². The first kappa shape index (κ1) is 25.4. The second-order valence-electron chi connectivity index (χ2n) is 10.1. The Morgan fingerprint density at radius 3 is 2.38 bits per heavy atom. The Morgan fingerprint density at radius 2 is 1.73 bits per heavy atom. The number of pyridine rings is 1. The number of piperidine rings is 1. The van der Waals surface area contributed by atoms with E-state index >= 15 is 0 Å². The van der Waals surface area contributed by atoms with Gasteiger partial charge in [0.25, 0.3) is 5.91 Å². The molecule has 7 nitrogen and oxygen atoms in total. The lowest BCUT2D eigenvalue weighted by Gasteiger charge is -2.34. The SMILES string of the molecule is Cc1nc(Oc2ccc(C(=O)NC3CC3)cc2)ccc1CN1CCC(N[C@@H](CO)c2ccccc2)CC1. The van der Waals surface area contributed by atoms with Gasteiger partial charge in [-0.15, -0.1) is 0 Å². The van der Waals surface area contributed by atoms with Crippen LogP contribution in [0.2, 0.25) is 0 Å². The van der Waals surface area contributed by atoms with Crippen molar-refractivity contribution < 1.29 is 14.6 Å². The lowest BCUT2D eigenvalue weighted by molar-refractivity contribution is 0.0951. The van der Waals surface area contributed by atoms with Crippen molar-refractivity contribution in [3.63, 3.8) is 0 Å². The monoisotopic (exact) mass is 500 g/mol. The molecular weight excluding hydrogens is 464 g/mol. The molecule has 1 aliphatic heterocycles. The molecular formula is C30H36N4O3. The number of benzene rings is 2. The van der Waals surface area contributed by atoms with Crippen molar-refractivity contribution >= 4 is 5.91 Å². The minimum Gasteiger partial charge on any atom is -0.439 e. The minimum atomic E-state index is -0.0309. The average Bonchev–Trinajstić information content (AvgIpc) is 3.74. The molecule has 2 aromatic carbocycles. The highest BCUT2D eigenvalue weighted by molar-refractivity contribution is 5.94. The van der Waals surface area contributed by atoms with Gasteiger partial charge < -0.3 is 20.5 Å². The topological polar surface area (TPSA) is 86.7 Å². The number of aromatic nitrogens is 1. The number of rotatable bonds is 10. The van der Waals surface area contributed by atoms with E-state index in [1.807, 2.05) is 43.3 Å². The number of carbonyl (C=O) groups is 1. The van der Waals surface area contributed by atoms with Crippen LogP contribution < -0.4 is 15.4 Å². The van der Waals surface area contributed by atoms with Gasteiger partial charge in [0.2, 0.25) is 5.88 Å². The maximum absolute atomic E-state index is 12.2. The second-order valence-corrected chi connectivity index (χ2v) is 10.1. The van der Waals surface area contributed by atoms with E-state index in [0.717, 1.165) is 56.6 Å². The van der Waals surface area contributed by atoms with E-state index in [4.69, 9.17) is 4.74 Å². The van der Waals surface area contributed by atoms with Crippen LogP contribution in [-0.2, 0) is 6.54 Å². The number of aliphatic hydroxyl groups is 1. The zero-order valence-corrected chi connectivity index (χ0v) is 21.4. The van der Waals surface area contributed by atoms with Crippen LogP contribution in [0.1, 0.15) is 58.9 Å². The standard InChI is InChI=1S/C30H36N4O3/c1-21-24(19-34-17-15-26(16-18-34)32-28(20-35)22-5-3-2-4-6-22)9-14-29(31-21)37-27-12-7-23(8-13-27)30(36)33-25-10-11-25/h2-9,12-14,25-26,28,32,35H,10-11,15-20H2,1H3,(H,33,36)/t28-/m0/s1. The summed E-state index contributed by atoms with van der Waals surface area (Å²) in [5, 5.41) is 16.5. The molecule has 194 valence electrons. The zero-order valence-electron chi connectivity index (χ0n) is 21.4. The number of hydrogen-bond donors (Lipinski definition) is 3. The van der Waals surface area contributed by atoms with Gasteiger partial charge in [0.05, 0.1) is 12.6 Å². The molecule has 0 spiro atoms. The van der Waals surface area contributed by atoms with Crippen molar-refractivity contribution in [2.75, 3.05) is 19.7 Å². The van der Waals surface area contributed by atoms with Crippen LogP contribution in [0.5, 0.6) is 11.6 Å². The van der Waals surface area contributed by atoms with E-state index in [1.165, 1.54) is 5.56 Å². The van der Waals surface area contributed by atoms with Gasteiger partial charge >= 0.3 is 0 Å². The molecule has 1 saturated heterocycles. The first-order chi connectivity index (χ1) is 18.1. The molecule has 1 saturated carbocycles. The lowest BCUT2D eigenvalue weighted by Crippen LogP contribution is -2.44. The number of nitrogens with zero attached hydrogens (tertiary/aromatic N) is 2. The Morgan fingerprint density at radius 1 is 1.00 bits per heavy atom. The highest BCUT2D eigenvalue weighted by Crippen LogP contribution is 2.24. The summed E-state index contributed by atoms with van der Waals surface area (Å²) in [6, 6.07) is 22.1. The molecule has 7 heteroatoms. The molecule has 2 fully saturated rings. The third-order valence-electron chi connectivity index (χ3n) is 7.22. The van der Waals surface area contributed by atoms with Crippen molar-refractivity contribution in [1.82, 2.24) is 20.5 Å². The van der Waals surface area contributed by atoms with Gasteiger partial charge in [-0.05, 0) is 81.1 Å². The maximum Gasteiger partial charge on any atom is 0.251 e. The largest absolute Gasteiger partial charge is 0.439 e. The normalized spacial score (nSPS) is 17.4. The van der Waals surface area contributed by atoms with E-state index in [-0.39, 0.29) is 18.6 Å². The summed E-state index contributed by atoms with van der Waals surface area (Å²) < 4.78 is 5.95. The zero-order chi connectivity index (χ0) is 25.6. The number of nitrogens with one attached hydrogen (secondary N) is 2.